The van der Waals surface area contributed by atoms with Crippen molar-refractivity contribution in [1.29, 1.82) is 0 Å². The molecule has 0 fully saturated rings. The Bertz CT molecular complexity index is 1590. The zero-order valence-corrected chi connectivity index (χ0v) is 23.6. The van der Waals surface area contributed by atoms with Gasteiger partial charge in [-0.15, -0.1) is 0 Å². The maximum Gasteiger partial charge on any atom is 0.0467 e. The predicted molar refractivity (Wildman–Crippen MR) is 176 cm³/mol. The van der Waals surface area contributed by atoms with E-state index in [4.69, 9.17) is 0 Å². The lowest BCUT2D eigenvalue weighted by atomic mass is 9.75. The molecule has 0 bridgehead atoms. The van der Waals surface area contributed by atoms with Crippen molar-refractivity contribution in [2.75, 3.05) is 9.80 Å². The van der Waals surface area contributed by atoms with Crippen LogP contribution >= 0.6 is 0 Å². The second kappa shape index (κ2) is 10.4. The van der Waals surface area contributed by atoms with Crippen LogP contribution in [0.5, 0.6) is 0 Å². The predicted octanol–water partition coefficient (Wildman–Crippen LogP) is 10.5. The molecule has 0 atom stereocenters. The van der Waals surface area contributed by atoms with Crippen molar-refractivity contribution in [1.82, 2.24) is 0 Å². The lowest BCUT2D eigenvalue weighted by Gasteiger charge is -2.34. The van der Waals surface area contributed by atoms with Gasteiger partial charge >= 0.3 is 0 Å². The van der Waals surface area contributed by atoms with Crippen LogP contribution in [0.1, 0.15) is 22.3 Å². The van der Waals surface area contributed by atoms with Crippen molar-refractivity contribution in [3.63, 3.8) is 0 Å². The van der Waals surface area contributed by atoms with Crippen LogP contribution in [0.2, 0.25) is 0 Å². The first kappa shape index (κ1) is 24.7. The van der Waals surface area contributed by atoms with Gasteiger partial charge in [0.15, 0.2) is 0 Å². The summed E-state index contributed by atoms with van der Waals surface area (Å²) < 4.78 is 0. The summed E-state index contributed by atoms with van der Waals surface area (Å²) in [4.78, 5) is 4.81. The smallest absolute Gasteiger partial charge is 0.0467 e. The van der Waals surface area contributed by atoms with E-state index in [1.165, 1.54) is 67.5 Å². The van der Waals surface area contributed by atoms with E-state index >= 15 is 0 Å². The standard InChI is InChI=1S/C40H32N2/c1-5-13-33(14-6-1)41(34-15-7-2-8-16-34)37-25-29-21-23-31-27-38(28-32-24-22-30(26-37)39(29)40(31)32)42(35-17-9-3-10-18-35)36-19-11-4-12-20-36/h1-20,25-28H,21-24H2. The normalized spacial score (nSPS) is 12.9. The molecule has 2 nitrogen and oxygen atoms in total. The Morgan fingerprint density at radius 1 is 0.286 bits per heavy atom. The molecular formula is C40H32N2. The number of hydrogen-bond acceptors (Lipinski definition) is 2. The zero-order valence-electron chi connectivity index (χ0n) is 23.6. The van der Waals surface area contributed by atoms with Gasteiger partial charge in [-0.1, -0.05) is 72.8 Å². The van der Waals surface area contributed by atoms with Crippen molar-refractivity contribution in [2.24, 2.45) is 0 Å². The molecule has 2 aliphatic rings. The van der Waals surface area contributed by atoms with Crippen LogP contribution in [0, 0.1) is 0 Å². The number of anilines is 6. The van der Waals surface area contributed by atoms with E-state index in [1.807, 2.05) is 0 Å². The Morgan fingerprint density at radius 2 is 0.524 bits per heavy atom. The third-order valence-corrected chi connectivity index (χ3v) is 8.72. The Hall–Kier alpha value is -5.08. The number of aryl methyl sites for hydroxylation is 4. The second-order valence-corrected chi connectivity index (χ2v) is 11.3. The maximum absolute atomic E-state index is 2.45. The Balaban J connectivity index is 1.25. The van der Waals surface area contributed by atoms with E-state index in [0.29, 0.717) is 0 Å². The Labute approximate surface area is 248 Å². The minimum absolute atomic E-state index is 1.06. The van der Waals surface area contributed by atoms with Crippen LogP contribution < -0.4 is 9.80 Å². The Morgan fingerprint density at radius 3 is 0.762 bits per heavy atom. The van der Waals surface area contributed by atoms with Crippen LogP contribution in [-0.4, -0.2) is 0 Å². The molecule has 42 heavy (non-hydrogen) atoms. The summed E-state index contributed by atoms with van der Waals surface area (Å²) >= 11 is 0. The van der Waals surface area contributed by atoms with E-state index in [0.717, 1.165) is 25.7 Å². The number of nitrogens with zero attached hydrogens (tertiary/aromatic N) is 2. The molecule has 0 heterocycles. The maximum atomic E-state index is 2.45. The molecular weight excluding hydrogens is 508 g/mol. The highest BCUT2D eigenvalue weighted by molar-refractivity contribution is 5.88. The third-order valence-electron chi connectivity index (χ3n) is 8.72. The van der Waals surface area contributed by atoms with Crippen molar-refractivity contribution in [3.8, 4) is 11.1 Å². The summed E-state index contributed by atoms with van der Waals surface area (Å²) in [5.41, 5.74) is 16.1. The first-order valence-electron chi connectivity index (χ1n) is 15.0. The number of hydrogen-bond donors (Lipinski definition) is 0. The molecule has 6 aromatic carbocycles. The number of rotatable bonds is 6. The van der Waals surface area contributed by atoms with E-state index in [-0.39, 0.29) is 0 Å². The van der Waals surface area contributed by atoms with E-state index in [2.05, 4.69) is 155 Å². The molecule has 0 aliphatic heterocycles. The van der Waals surface area contributed by atoms with Crippen molar-refractivity contribution < 1.29 is 0 Å². The van der Waals surface area contributed by atoms with Gasteiger partial charge in [0.25, 0.3) is 0 Å². The molecule has 0 amide bonds. The van der Waals surface area contributed by atoms with Gasteiger partial charge < -0.3 is 9.80 Å². The first-order valence-corrected chi connectivity index (χ1v) is 15.0. The van der Waals surface area contributed by atoms with Crippen LogP contribution in [0.25, 0.3) is 11.1 Å². The van der Waals surface area contributed by atoms with Crippen LogP contribution in [0.4, 0.5) is 34.1 Å². The molecule has 0 saturated carbocycles. The van der Waals surface area contributed by atoms with Gasteiger partial charge in [-0.05, 0) is 132 Å². The molecule has 202 valence electrons. The van der Waals surface area contributed by atoms with Crippen molar-refractivity contribution in [2.45, 2.75) is 25.7 Å². The summed E-state index contributed by atoms with van der Waals surface area (Å²) in [5, 5.41) is 0. The van der Waals surface area contributed by atoms with Crippen LogP contribution in [0.3, 0.4) is 0 Å². The van der Waals surface area contributed by atoms with E-state index in [1.54, 1.807) is 0 Å². The summed E-state index contributed by atoms with van der Waals surface area (Å²) in [5.74, 6) is 0. The zero-order chi connectivity index (χ0) is 27.9. The number of para-hydroxylation sites is 4. The first-order chi connectivity index (χ1) is 20.8. The van der Waals surface area contributed by atoms with Crippen molar-refractivity contribution >= 4 is 34.1 Å². The fourth-order valence-electron chi connectivity index (χ4n) is 6.93. The SMILES string of the molecule is c1ccc(N(c2ccccc2)c2cc3c4c(c2)CCc2cc(N(c5ccccc5)c5ccccc5)cc(c2-4)CC3)cc1. The van der Waals surface area contributed by atoms with Gasteiger partial charge in [0.2, 0.25) is 0 Å². The molecule has 0 spiro atoms. The Kier molecular flexibility index (Phi) is 6.11. The topological polar surface area (TPSA) is 6.48 Å². The highest BCUT2D eigenvalue weighted by atomic mass is 15.1. The lowest BCUT2D eigenvalue weighted by Crippen LogP contribution is -2.18. The molecule has 0 aromatic heterocycles. The van der Waals surface area contributed by atoms with Crippen LogP contribution in [0.15, 0.2) is 146 Å². The minimum atomic E-state index is 1.06. The average molecular weight is 541 g/mol. The molecule has 0 unspecified atom stereocenters. The highest BCUT2D eigenvalue weighted by Crippen LogP contribution is 2.48. The minimum Gasteiger partial charge on any atom is -0.310 e. The fraction of sp³-hybridized carbons (Fsp3) is 0.100. The molecule has 2 aliphatic carbocycles. The monoisotopic (exact) mass is 540 g/mol. The van der Waals surface area contributed by atoms with Gasteiger partial charge in [0, 0.05) is 34.1 Å². The molecule has 0 radical (unpaired) electrons. The summed E-state index contributed by atoms with van der Waals surface area (Å²) in [6.07, 6.45) is 4.22. The molecule has 8 rings (SSSR count). The lowest BCUT2D eigenvalue weighted by molar-refractivity contribution is 0.875. The average Bonchev–Trinajstić information content (AvgIpc) is 3.06. The van der Waals surface area contributed by atoms with E-state index in [9.17, 15) is 0 Å². The van der Waals surface area contributed by atoms with Gasteiger partial charge in [-0.3, -0.25) is 0 Å². The summed E-state index contributed by atoms with van der Waals surface area (Å²) in [7, 11) is 0. The quantitative estimate of drug-likeness (QED) is 0.207. The number of benzene rings is 6. The van der Waals surface area contributed by atoms with Crippen LogP contribution in [-0.2, 0) is 25.7 Å². The largest absolute Gasteiger partial charge is 0.310 e. The molecule has 0 N–H and O–H groups in total. The highest BCUT2D eigenvalue weighted by Gasteiger charge is 2.29. The fourth-order valence-corrected chi connectivity index (χ4v) is 6.93. The third kappa shape index (κ3) is 4.28. The van der Waals surface area contributed by atoms with Gasteiger partial charge in [-0.2, -0.15) is 0 Å². The summed E-state index contributed by atoms with van der Waals surface area (Å²) in [6.45, 7) is 0. The summed E-state index contributed by atoms with van der Waals surface area (Å²) in [6, 6.07) is 52.8. The molecule has 0 saturated heterocycles. The molecule has 6 aromatic rings. The van der Waals surface area contributed by atoms with Gasteiger partial charge in [0.05, 0.1) is 0 Å². The second-order valence-electron chi connectivity index (χ2n) is 11.3. The van der Waals surface area contributed by atoms with E-state index < -0.39 is 0 Å². The van der Waals surface area contributed by atoms with Gasteiger partial charge in [-0.25, -0.2) is 0 Å². The molecule has 2 heteroatoms. The van der Waals surface area contributed by atoms with Gasteiger partial charge in [0.1, 0.15) is 0 Å². The van der Waals surface area contributed by atoms with Crippen molar-refractivity contribution in [3.05, 3.63) is 168 Å².